The highest BCUT2D eigenvalue weighted by molar-refractivity contribution is 5.90. The van der Waals surface area contributed by atoms with Crippen LogP contribution in [0.2, 0.25) is 0 Å². The molecule has 0 bridgehead atoms. The number of fused-ring (bicyclic) bond motifs is 2. The Morgan fingerprint density at radius 2 is 1.87 bits per heavy atom. The van der Waals surface area contributed by atoms with Crippen molar-refractivity contribution < 1.29 is 14.3 Å². The summed E-state index contributed by atoms with van der Waals surface area (Å²) in [6.07, 6.45) is 2.71. The normalized spacial score (nSPS) is 12.3. The lowest BCUT2D eigenvalue weighted by atomic mass is 10.0. The van der Waals surface area contributed by atoms with Crippen molar-refractivity contribution in [3.8, 4) is 11.5 Å². The standard InChI is InChI=1S/C24H21N3O3/c28-24(11-9-17-8-10-21-22(14-17)30-16-29-21)26-23-12-13-25-27(23)15-19-6-3-5-18-4-1-2-7-20(18)19/h1-8,10,12-14H,9,11,15-16H2,(H,26,28). The Morgan fingerprint density at radius 3 is 2.83 bits per heavy atom. The summed E-state index contributed by atoms with van der Waals surface area (Å²) in [7, 11) is 0. The molecule has 0 saturated carbocycles. The third-order valence-electron chi connectivity index (χ3n) is 5.26. The van der Waals surface area contributed by atoms with E-state index in [0.717, 1.165) is 22.6 Å². The van der Waals surface area contributed by atoms with Gasteiger partial charge in [0.25, 0.3) is 0 Å². The number of carbonyl (C=O) groups excluding carboxylic acids is 1. The summed E-state index contributed by atoms with van der Waals surface area (Å²) in [6, 6.07) is 22.1. The molecule has 2 heterocycles. The van der Waals surface area contributed by atoms with E-state index < -0.39 is 0 Å². The highest BCUT2D eigenvalue weighted by Crippen LogP contribution is 2.32. The van der Waals surface area contributed by atoms with Crippen LogP contribution in [-0.4, -0.2) is 22.5 Å². The minimum absolute atomic E-state index is 0.0488. The quantitative estimate of drug-likeness (QED) is 0.522. The topological polar surface area (TPSA) is 65.4 Å². The fraction of sp³-hybridized carbons (Fsp3) is 0.167. The van der Waals surface area contributed by atoms with E-state index in [1.54, 1.807) is 6.20 Å². The predicted molar refractivity (Wildman–Crippen MR) is 115 cm³/mol. The summed E-state index contributed by atoms with van der Waals surface area (Å²) in [4.78, 5) is 12.5. The lowest BCUT2D eigenvalue weighted by Gasteiger charge is -2.11. The van der Waals surface area contributed by atoms with Crippen molar-refractivity contribution in [3.05, 3.63) is 84.1 Å². The first-order valence-electron chi connectivity index (χ1n) is 9.93. The van der Waals surface area contributed by atoms with E-state index in [-0.39, 0.29) is 12.7 Å². The van der Waals surface area contributed by atoms with Gasteiger partial charge in [0, 0.05) is 12.5 Å². The fourth-order valence-electron chi connectivity index (χ4n) is 3.72. The van der Waals surface area contributed by atoms with Crippen LogP contribution in [0.5, 0.6) is 11.5 Å². The van der Waals surface area contributed by atoms with Crippen molar-refractivity contribution in [2.24, 2.45) is 0 Å². The Kier molecular flexibility index (Phi) is 4.81. The van der Waals surface area contributed by atoms with Gasteiger partial charge in [0.1, 0.15) is 5.82 Å². The van der Waals surface area contributed by atoms with Gasteiger partial charge in [-0.05, 0) is 40.5 Å². The summed E-state index contributed by atoms with van der Waals surface area (Å²) in [6.45, 7) is 0.839. The first kappa shape index (κ1) is 18.2. The van der Waals surface area contributed by atoms with E-state index in [2.05, 4.69) is 34.7 Å². The molecule has 1 aliphatic rings. The molecule has 1 N–H and O–H groups in total. The van der Waals surface area contributed by atoms with E-state index in [0.29, 0.717) is 25.2 Å². The Labute approximate surface area is 174 Å². The number of nitrogens with zero attached hydrogens (tertiary/aromatic N) is 2. The number of amides is 1. The number of aromatic nitrogens is 2. The van der Waals surface area contributed by atoms with Gasteiger partial charge < -0.3 is 14.8 Å². The molecule has 4 aromatic rings. The van der Waals surface area contributed by atoms with Gasteiger partial charge >= 0.3 is 0 Å². The summed E-state index contributed by atoms with van der Waals surface area (Å²) < 4.78 is 12.5. The van der Waals surface area contributed by atoms with E-state index in [1.807, 2.05) is 47.1 Å². The second kappa shape index (κ2) is 7.91. The number of carbonyl (C=O) groups is 1. The molecule has 6 nitrogen and oxygen atoms in total. The molecule has 3 aromatic carbocycles. The van der Waals surface area contributed by atoms with Crippen LogP contribution in [0, 0.1) is 0 Å². The Hall–Kier alpha value is -3.80. The molecule has 0 aliphatic carbocycles. The number of benzene rings is 3. The first-order chi connectivity index (χ1) is 14.8. The van der Waals surface area contributed by atoms with Crippen LogP contribution in [0.4, 0.5) is 5.82 Å². The predicted octanol–water partition coefficient (Wildman–Crippen LogP) is 4.38. The van der Waals surface area contributed by atoms with Crippen LogP contribution in [0.25, 0.3) is 10.8 Å². The van der Waals surface area contributed by atoms with Crippen LogP contribution in [-0.2, 0) is 17.8 Å². The number of nitrogens with one attached hydrogen (secondary N) is 1. The minimum Gasteiger partial charge on any atom is -0.454 e. The second-order valence-electron chi connectivity index (χ2n) is 7.25. The third kappa shape index (κ3) is 3.72. The molecule has 0 saturated heterocycles. The number of hydrogen-bond donors (Lipinski definition) is 1. The second-order valence-corrected chi connectivity index (χ2v) is 7.25. The molecule has 150 valence electrons. The van der Waals surface area contributed by atoms with Gasteiger partial charge in [-0.1, -0.05) is 48.5 Å². The van der Waals surface area contributed by atoms with Crippen LogP contribution in [0.1, 0.15) is 17.5 Å². The molecule has 1 aliphatic heterocycles. The van der Waals surface area contributed by atoms with Crippen LogP contribution in [0.15, 0.2) is 72.9 Å². The van der Waals surface area contributed by atoms with Crippen molar-refractivity contribution in [1.82, 2.24) is 9.78 Å². The zero-order valence-corrected chi connectivity index (χ0v) is 16.4. The van der Waals surface area contributed by atoms with Gasteiger partial charge in [-0.2, -0.15) is 5.10 Å². The lowest BCUT2D eigenvalue weighted by Crippen LogP contribution is -2.16. The number of rotatable bonds is 6. The summed E-state index contributed by atoms with van der Waals surface area (Å²) in [5.41, 5.74) is 2.20. The van der Waals surface area contributed by atoms with Crippen molar-refractivity contribution in [2.45, 2.75) is 19.4 Å². The molecule has 0 atom stereocenters. The molecule has 0 fully saturated rings. The van der Waals surface area contributed by atoms with E-state index in [1.165, 1.54) is 10.8 Å². The summed E-state index contributed by atoms with van der Waals surface area (Å²) in [5, 5.41) is 9.77. The molecule has 5 rings (SSSR count). The fourth-order valence-corrected chi connectivity index (χ4v) is 3.72. The highest BCUT2D eigenvalue weighted by Gasteiger charge is 2.14. The Morgan fingerprint density at radius 1 is 1.00 bits per heavy atom. The van der Waals surface area contributed by atoms with Gasteiger partial charge in [0.2, 0.25) is 12.7 Å². The largest absolute Gasteiger partial charge is 0.454 e. The van der Waals surface area contributed by atoms with E-state index in [4.69, 9.17) is 9.47 Å². The number of hydrogen-bond acceptors (Lipinski definition) is 4. The van der Waals surface area contributed by atoms with Crippen molar-refractivity contribution in [2.75, 3.05) is 12.1 Å². The molecule has 30 heavy (non-hydrogen) atoms. The van der Waals surface area contributed by atoms with Gasteiger partial charge in [-0.3, -0.25) is 4.79 Å². The maximum atomic E-state index is 12.5. The molecule has 1 amide bonds. The summed E-state index contributed by atoms with van der Waals surface area (Å²) >= 11 is 0. The molecule has 0 spiro atoms. The van der Waals surface area contributed by atoms with Crippen molar-refractivity contribution in [3.63, 3.8) is 0 Å². The number of aryl methyl sites for hydroxylation is 1. The first-order valence-corrected chi connectivity index (χ1v) is 9.93. The maximum absolute atomic E-state index is 12.5. The van der Waals surface area contributed by atoms with Gasteiger partial charge in [-0.25, -0.2) is 4.68 Å². The molecule has 0 radical (unpaired) electrons. The third-order valence-corrected chi connectivity index (χ3v) is 5.26. The maximum Gasteiger partial charge on any atom is 0.231 e. The minimum atomic E-state index is -0.0488. The molecule has 6 heteroatoms. The highest BCUT2D eigenvalue weighted by atomic mass is 16.7. The van der Waals surface area contributed by atoms with Crippen molar-refractivity contribution in [1.29, 1.82) is 0 Å². The molecule has 1 aromatic heterocycles. The van der Waals surface area contributed by atoms with Gasteiger partial charge in [0.05, 0.1) is 12.7 Å². The molecular formula is C24H21N3O3. The van der Waals surface area contributed by atoms with Crippen LogP contribution >= 0.6 is 0 Å². The Balaban J connectivity index is 1.25. The van der Waals surface area contributed by atoms with Gasteiger partial charge in [0.15, 0.2) is 11.5 Å². The zero-order valence-electron chi connectivity index (χ0n) is 16.4. The lowest BCUT2D eigenvalue weighted by molar-refractivity contribution is -0.116. The van der Waals surface area contributed by atoms with Crippen molar-refractivity contribution >= 4 is 22.5 Å². The zero-order chi connectivity index (χ0) is 20.3. The number of anilines is 1. The number of ether oxygens (including phenoxy) is 2. The molecular weight excluding hydrogens is 378 g/mol. The smallest absolute Gasteiger partial charge is 0.231 e. The van der Waals surface area contributed by atoms with Gasteiger partial charge in [-0.15, -0.1) is 0 Å². The molecule has 0 unspecified atom stereocenters. The average Bonchev–Trinajstić information content (AvgIpc) is 3.41. The van der Waals surface area contributed by atoms with E-state index >= 15 is 0 Å². The van der Waals surface area contributed by atoms with E-state index in [9.17, 15) is 4.79 Å². The van der Waals surface area contributed by atoms with Crippen LogP contribution in [0.3, 0.4) is 0 Å². The Bertz CT molecular complexity index is 1210. The monoisotopic (exact) mass is 399 g/mol. The summed E-state index contributed by atoms with van der Waals surface area (Å²) in [5.74, 6) is 2.13. The average molecular weight is 399 g/mol. The SMILES string of the molecule is O=C(CCc1ccc2c(c1)OCO2)Nc1ccnn1Cc1cccc2ccccc12. The van der Waals surface area contributed by atoms with Crippen LogP contribution < -0.4 is 14.8 Å².